The molecule has 2 rings (SSSR count). The van der Waals surface area contributed by atoms with Crippen LogP contribution in [-0.2, 0) is 0 Å². The maximum atomic E-state index is 5.57. The summed E-state index contributed by atoms with van der Waals surface area (Å²) in [5, 5.41) is 4.04. The second kappa shape index (κ2) is 2.33. The Bertz CT molecular complexity index is 394. The zero-order valence-electron chi connectivity index (χ0n) is 5.53. The molecule has 5 heteroatoms. The predicted molar refractivity (Wildman–Crippen MR) is 50.1 cm³/mol. The molecule has 2 aromatic heterocycles. The van der Waals surface area contributed by atoms with Crippen LogP contribution in [0, 0.1) is 3.57 Å². The van der Waals surface area contributed by atoms with E-state index in [1.54, 1.807) is 10.7 Å². The van der Waals surface area contributed by atoms with Crippen LogP contribution < -0.4 is 5.73 Å². The standard InChI is InChI=1S/C6H5IN4/c7-4-5(8)10-11-3-1-2-9-6(4)11/h1-3H,(H2,8,10). The van der Waals surface area contributed by atoms with Gasteiger partial charge in [-0.1, -0.05) is 0 Å². The Morgan fingerprint density at radius 2 is 2.36 bits per heavy atom. The maximum Gasteiger partial charge on any atom is 0.170 e. The highest BCUT2D eigenvalue weighted by Gasteiger charge is 2.05. The van der Waals surface area contributed by atoms with Crippen molar-refractivity contribution in [3.8, 4) is 0 Å². The number of nitrogen functional groups attached to an aromatic ring is 1. The van der Waals surface area contributed by atoms with Crippen molar-refractivity contribution in [2.45, 2.75) is 0 Å². The fourth-order valence-electron chi connectivity index (χ4n) is 0.876. The van der Waals surface area contributed by atoms with E-state index in [1.807, 2.05) is 12.3 Å². The molecule has 0 saturated carbocycles. The highest BCUT2D eigenvalue weighted by Crippen LogP contribution is 2.16. The Hall–Kier alpha value is -0.850. The summed E-state index contributed by atoms with van der Waals surface area (Å²) in [4.78, 5) is 4.11. The molecule has 0 spiro atoms. The summed E-state index contributed by atoms with van der Waals surface area (Å²) in [7, 11) is 0. The van der Waals surface area contributed by atoms with Crippen LogP contribution in [0.3, 0.4) is 0 Å². The van der Waals surface area contributed by atoms with Crippen LogP contribution in [0.5, 0.6) is 0 Å². The monoisotopic (exact) mass is 260 g/mol. The molecule has 0 radical (unpaired) electrons. The van der Waals surface area contributed by atoms with Crippen molar-refractivity contribution in [2.75, 3.05) is 5.73 Å². The molecule has 2 aromatic rings. The zero-order valence-corrected chi connectivity index (χ0v) is 7.69. The molecular formula is C6H5IN4. The van der Waals surface area contributed by atoms with Crippen LogP contribution in [0.1, 0.15) is 0 Å². The molecule has 0 aliphatic carbocycles. The lowest BCUT2D eigenvalue weighted by atomic mass is 10.6. The smallest absolute Gasteiger partial charge is 0.170 e. The van der Waals surface area contributed by atoms with Gasteiger partial charge in [-0.3, -0.25) is 0 Å². The number of nitrogens with two attached hydrogens (primary N) is 1. The number of rotatable bonds is 0. The lowest BCUT2D eigenvalue weighted by Crippen LogP contribution is -1.88. The normalized spacial score (nSPS) is 10.6. The first kappa shape index (κ1) is 6.84. The SMILES string of the molecule is Nc1nn2cccnc2c1I. The van der Waals surface area contributed by atoms with Crippen molar-refractivity contribution in [1.29, 1.82) is 0 Å². The third-order valence-electron chi connectivity index (χ3n) is 1.36. The summed E-state index contributed by atoms with van der Waals surface area (Å²) in [6.45, 7) is 0. The number of hydrogen-bond donors (Lipinski definition) is 1. The lowest BCUT2D eigenvalue weighted by Gasteiger charge is -1.87. The van der Waals surface area contributed by atoms with Gasteiger partial charge in [-0.05, 0) is 28.7 Å². The van der Waals surface area contributed by atoms with E-state index in [0.717, 1.165) is 9.22 Å². The minimum absolute atomic E-state index is 0.532. The van der Waals surface area contributed by atoms with Crippen molar-refractivity contribution in [1.82, 2.24) is 14.6 Å². The van der Waals surface area contributed by atoms with Crippen LogP contribution in [0.4, 0.5) is 5.82 Å². The van der Waals surface area contributed by atoms with Crippen molar-refractivity contribution in [2.24, 2.45) is 0 Å². The quantitative estimate of drug-likeness (QED) is 0.716. The number of nitrogens with zero attached hydrogens (tertiary/aromatic N) is 3. The van der Waals surface area contributed by atoms with Crippen LogP contribution in [0.25, 0.3) is 5.65 Å². The van der Waals surface area contributed by atoms with E-state index in [9.17, 15) is 0 Å². The summed E-state index contributed by atoms with van der Waals surface area (Å²) in [5.41, 5.74) is 6.38. The fourth-order valence-corrected chi connectivity index (χ4v) is 1.37. The van der Waals surface area contributed by atoms with E-state index in [-0.39, 0.29) is 0 Å². The average Bonchev–Trinajstić information content (AvgIpc) is 2.30. The minimum Gasteiger partial charge on any atom is -0.381 e. The van der Waals surface area contributed by atoms with Gasteiger partial charge in [-0.2, -0.15) is 0 Å². The van der Waals surface area contributed by atoms with Gasteiger partial charge in [0.25, 0.3) is 0 Å². The highest BCUT2D eigenvalue weighted by molar-refractivity contribution is 14.1. The topological polar surface area (TPSA) is 56.2 Å². The molecule has 2 N–H and O–H groups in total. The Balaban J connectivity index is 2.92. The molecule has 56 valence electrons. The molecule has 0 aromatic carbocycles. The van der Waals surface area contributed by atoms with Gasteiger partial charge in [0.05, 0.1) is 0 Å². The molecule has 4 nitrogen and oxygen atoms in total. The minimum atomic E-state index is 0.532. The average molecular weight is 260 g/mol. The number of anilines is 1. The van der Waals surface area contributed by atoms with Crippen molar-refractivity contribution in [3.63, 3.8) is 0 Å². The van der Waals surface area contributed by atoms with Crippen molar-refractivity contribution >= 4 is 34.1 Å². The Kier molecular flexibility index (Phi) is 1.45. The first-order valence-electron chi connectivity index (χ1n) is 3.03. The maximum absolute atomic E-state index is 5.57. The Labute approximate surface area is 76.6 Å². The molecule has 0 fully saturated rings. The van der Waals surface area contributed by atoms with Gasteiger partial charge in [0.15, 0.2) is 11.5 Å². The first-order chi connectivity index (χ1) is 5.29. The molecule has 2 heterocycles. The molecule has 0 amide bonds. The summed E-state index contributed by atoms with van der Waals surface area (Å²) >= 11 is 2.13. The van der Waals surface area contributed by atoms with Crippen molar-refractivity contribution < 1.29 is 0 Å². The Morgan fingerprint density at radius 3 is 3.09 bits per heavy atom. The van der Waals surface area contributed by atoms with Gasteiger partial charge < -0.3 is 5.73 Å². The summed E-state index contributed by atoms with van der Waals surface area (Å²) in [5.74, 6) is 0.532. The second-order valence-electron chi connectivity index (χ2n) is 2.09. The summed E-state index contributed by atoms with van der Waals surface area (Å²) in [6.07, 6.45) is 3.54. The number of fused-ring (bicyclic) bond motifs is 1. The van der Waals surface area contributed by atoms with Crippen molar-refractivity contribution in [3.05, 3.63) is 22.0 Å². The molecular weight excluding hydrogens is 255 g/mol. The van der Waals surface area contributed by atoms with Gasteiger partial charge in [0.1, 0.15) is 3.57 Å². The van der Waals surface area contributed by atoms with Gasteiger partial charge in [0, 0.05) is 12.4 Å². The molecule has 0 aliphatic heterocycles. The molecule has 0 saturated heterocycles. The third kappa shape index (κ3) is 0.953. The van der Waals surface area contributed by atoms with E-state index < -0.39 is 0 Å². The zero-order chi connectivity index (χ0) is 7.84. The fraction of sp³-hybridized carbons (Fsp3) is 0. The first-order valence-corrected chi connectivity index (χ1v) is 4.11. The number of halogens is 1. The van der Waals surface area contributed by atoms with E-state index >= 15 is 0 Å². The summed E-state index contributed by atoms with van der Waals surface area (Å²) in [6, 6.07) is 1.82. The predicted octanol–water partition coefficient (Wildman–Crippen LogP) is 0.916. The van der Waals surface area contributed by atoms with Crippen LogP contribution in [-0.4, -0.2) is 14.6 Å². The van der Waals surface area contributed by atoms with Crippen LogP contribution in [0.15, 0.2) is 18.5 Å². The molecule has 0 aliphatic rings. The highest BCUT2D eigenvalue weighted by atomic mass is 127. The molecule has 0 unspecified atom stereocenters. The molecule has 0 atom stereocenters. The molecule has 11 heavy (non-hydrogen) atoms. The lowest BCUT2D eigenvalue weighted by molar-refractivity contribution is 0.945. The van der Waals surface area contributed by atoms with Crippen LogP contribution in [0.2, 0.25) is 0 Å². The van der Waals surface area contributed by atoms with Gasteiger partial charge >= 0.3 is 0 Å². The van der Waals surface area contributed by atoms with E-state index in [0.29, 0.717) is 5.82 Å². The third-order valence-corrected chi connectivity index (χ3v) is 2.40. The summed E-state index contributed by atoms with van der Waals surface area (Å²) < 4.78 is 2.57. The van der Waals surface area contributed by atoms with Crippen LogP contribution >= 0.6 is 22.6 Å². The number of hydrogen-bond acceptors (Lipinski definition) is 3. The van der Waals surface area contributed by atoms with E-state index in [4.69, 9.17) is 5.73 Å². The second-order valence-corrected chi connectivity index (χ2v) is 3.17. The molecule has 0 bridgehead atoms. The van der Waals surface area contributed by atoms with Gasteiger partial charge in [-0.25, -0.2) is 9.50 Å². The van der Waals surface area contributed by atoms with E-state index in [2.05, 4.69) is 32.7 Å². The Morgan fingerprint density at radius 1 is 1.55 bits per heavy atom. The number of aromatic nitrogens is 3. The largest absolute Gasteiger partial charge is 0.381 e. The van der Waals surface area contributed by atoms with Gasteiger partial charge in [-0.15, -0.1) is 5.10 Å². The van der Waals surface area contributed by atoms with Gasteiger partial charge in [0.2, 0.25) is 0 Å². The van der Waals surface area contributed by atoms with E-state index in [1.165, 1.54) is 0 Å².